The Balaban J connectivity index is 1.97. The molecule has 0 aromatic heterocycles. The molecule has 0 radical (unpaired) electrons. The Labute approximate surface area is 95.7 Å². The summed E-state index contributed by atoms with van der Waals surface area (Å²) in [6.07, 6.45) is 0.815. The maximum absolute atomic E-state index is 11.9. The zero-order valence-corrected chi connectivity index (χ0v) is 9.52. The number of β-amino-alcohol motifs (C(OH)–C–C–N with tert-alkyl or cyclic N) is 1. The summed E-state index contributed by atoms with van der Waals surface area (Å²) in [7, 11) is 0. The van der Waals surface area contributed by atoms with E-state index in [9.17, 15) is 9.90 Å². The number of aliphatic hydroxyl groups excluding tert-OH is 1. The fourth-order valence-corrected chi connectivity index (χ4v) is 2.08. The lowest BCUT2D eigenvalue weighted by atomic mass is 10.1. The summed E-state index contributed by atoms with van der Waals surface area (Å²) in [5, 5.41) is 9.36. The third-order valence-corrected chi connectivity index (χ3v) is 2.95. The van der Waals surface area contributed by atoms with Crippen LogP contribution >= 0.6 is 0 Å². The van der Waals surface area contributed by atoms with E-state index < -0.39 is 0 Å². The van der Waals surface area contributed by atoms with Crippen LogP contribution in [0.2, 0.25) is 0 Å². The summed E-state index contributed by atoms with van der Waals surface area (Å²) < 4.78 is 0. The van der Waals surface area contributed by atoms with E-state index in [1.807, 2.05) is 31.2 Å². The predicted octanol–water partition coefficient (Wildman–Crippen LogP) is 1.13. The van der Waals surface area contributed by atoms with Crippen molar-refractivity contribution in [3.05, 3.63) is 35.4 Å². The highest BCUT2D eigenvalue weighted by atomic mass is 16.3. The molecule has 16 heavy (non-hydrogen) atoms. The molecule has 2 rings (SSSR count). The van der Waals surface area contributed by atoms with Crippen molar-refractivity contribution in [1.29, 1.82) is 0 Å². The van der Waals surface area contributed by atoms with Crippen molar-refractivity contribution in [2.24, 2.45) is 0 Å². The molecular formula is C13H17NO2. The number of hydrogen-bond acceptors (Lipinski definition) is 2. The van der Waals surface area contributed by atoms with Gasteiger partial charge in [0.25, 0.3) is 0 Å². The monoisotopic (exact) mass is 219 g/mol. The van der Waals surface area contributed by atoms with Gasteiger partial charge in [0.05, 0.1) is 12.5 Å². The van der Waals surface area contributed by atoms with E-state index in [0.717, 1.165) is 5.56 Å². The molecule has 1 amide bonds. The molecule has 1 heterocycles. The van der Waals surface area contributed by atoms with Gasteiger partial charge in [-0.25, -0.2) is 0 Å². The molecule has 1 N–H and O–H groups in total. The molecule has 1 saturated heterocycles. The van der Waals surface area contributed by atoms with Gasteiger partial charge in [0.15, 0.2) is 0 Å². The number of carbonyl (C=O) groups is 1. The quantitative estimate of drug-likeness (QED) is 0.810. The SMILES string of the molecule is Cc1cccc(CC(=O)N2CCC(O)C2)c1. The third kappa shape index (κ3) is 2.61. The normalized spacial score (nSPS) is 20.1. The predicted molar refractivity (Wildman–Crippen MR) is 62.1 cm³/mol. The minimum Gasteiger partial charge on any atom is -0.391 e. The Morgan fingerprint density at radius 1 is 1.56 bits per heavy atom. The number of benzene rings is 1. The van der Waals surface area contributed by atoms with Gasteiger partial charge in [0.1, 0.15) is 0 Å². The average molecular weight is 219 g/mol. The standard InChI is InChI=1S/C13H17NO2/c1-10-3-2-4-11(7-10)8-13(16)14-6-5-12(15)9-14/h2-4,7,12,15H,5-6,8-9H2,1H3. The molecule has 86 valence electrons. The largest absolute Gasteiger partial charge is 0.391 e. The number of hydrogen-bond donors (Lipinski definition) is 1. The molecule has 1 unspecified atom stereocenters. The molecule has 0 spiro atoms. The first kappa shape index (κ1) is 11.1. The number of nitrogens with zero attached hydrogens (tertiary/aromatic N) is 1. The molecule has 0 aliphatic carbocycles. The zero-order valence-electron chi connectivity index (χ0n) is 9.52. The van der Waals surface area contributed by atoms with Crippen LogP contribution < -0.4 is 0 Å². The van der Waals surface area contributed by atoms with Gasteiger partial charge in [-0.3, -0.25) is 4.79 Å². The van der Waals surface area contributed by atoms with E-state index in [4.69, 9.17) is 0 Å². The Morgan fingerprint density at radius 2 is 2.38 bits per heavy atom. The number of amides is 1. The third-order valence-electron chi connectivity index (χ3n) is 2.95. The number of aryl methyl sites for hydroxylation is 1. The van der Waals surface area contributed by atoms with Crippen LogP contribution in [-0.4, -0.2) is 35.1 Å². The van der Waals surface area contributed by atoms with Gasteiger partial charge in [0.2, 0.25) is 5.91 Å². The van der Waals surface area contributed by atoms with E-state index in [2.05, 4.69) is 0 Å². The molecule has 1 aliphatic rings. The van der Waals surface area contributed by atoms with Crippen LogP contribution in [0.1, 0.15) is 17.5 Å². The molecule has 1 aromatic rings. The number of carbonyl (C=O) groups excluding carboxylic acids is 1. The second kappa shape index (κ2) is 4.66. The topological polar surface area (TPSA) is 40.5 Å². The second-order valence-corrected chi connectivity index (χ2v) is 4.45. The van der Waals surface area contributed by atoms with Crippen molar-refractivity contribution in [3.63, 3.8) is 0 Å². The minimum atomic E-state index is -0.332. The highest BCUT2D eigenvalue weighted by molar-refractivity contribution is 5.79. The highest BCUT2D eigenvalue weighted by Gasteiger charge is 2.24. The fourth-order valence-electron chi connectivity index (χ4n) is 2.08. The van der Waals surface area contributed by atoms with Crippen LogP contribution in [0.3, 0.4) is 0 Å². The molecule has 3 nitrogen and oxygen atoms in total. The Bertz CT molecular complexity index is 389. The molecule has 1 aliphatic heterocycles. The maximum Gasteiger partial charge on any atom is 0.227 e. The summed E-state index contributed by atoms with van der Waals surface area (Å²) in [6.45, 7) is 3.20. The summed E-state index contributed by atoms with van der Waals surface area (Å²) >= 11 is 0. The molecule has 1 fully saturated rings. The van der Waals surface area contributed by atoms with Crippen molar-refractivity contribution in [2.45, 2.75) is 25.9 Å². The van der Waals surface area contributed by atoms with Gasteiger partial charge < -0.3 is 10.0 Å². The van der Waals surface area contributed by atoms with Gasteiger partial charge in [-0.15, -0.1) is 0 Å². The van der Waals surface area contributed by atoms with Crippen LogP contribution in [0.25, 0.3) is 0 Å². The molecule has 0 bridgehead atoms. The number of likely N-dealkylation sites (tertiary alicyclic amines) is 1. The Hall–Kier alpha value is -1.35. The summed E-state index contributed by atoms with van der Waals surface area (Å²) in [5.41, 5.74) is 2.22. The average Bonchev–Trinajstić information content (AvgIpc) is 2.65. The molecule has 1 aromatic carbocycles. The van der Waals surface area contributed by atoms with E-state index >= 15 is 0 Å². The first-order valence-electron chi connectivity index (χ1n) is 5.66. The van der Waals surface area contributed by atoms with Crippen molar-refractivity contribution < 1.29 is 9.90 Å². The van der Waals surface area contributed by atoms with E-state index in [1.165, 1.54) is 5.56 Å². The van der Waals surface area contributed by atoms with Crippen LogP contribution in [-0.2, 0) is 11.2 Å². The van der Waals surface area contributed by atoms with Gasteiger partial charge in [0, 0.05) is 13.1 Å². The van der Waals surface area contributed by atoms with Gasteiger partial charge >= 0.3 is 0 Å². The van der Waals surface area contributed by atoms with E-state index in [1.54, 1.807) is 4.90 Å². The van der Waals surface area contributed by atoms with Crippen LogP contribution in [0, 0.1) is 6.92 Å². The molecule has 3 heteroatoms. The molecular weight excluding hydrogens is 202 g/mol. The lowest BCUT2D eigenvalue weighted by molar-refractivity contribution is -0.129. The summed E-state index contributed by atoms with van der Waals surface area (Å²) in [5.74, 6) is 0.113. The van der Waals surface area contributed by atoms with Crippen molar-refractivity contribution in [3.8, 4) is 0 Å². The smallest absolute Gasteiger partial charge is 0.227 e. The second-order valence-electron chi connectivity index (χ2n) is 4.45. The lowest BCUT2D eigenvalue weighted by Gasteiger charge is -2.15. The van der Waals surface area contributed by atoms with Crippen molar-refractivity contribution >= 4 is 5.91 Å². The Morgan fingerprint density at radius 3 is 3.00 bits per heavy atom. The Kier molecular flexibility index (Phi) is 3.25. The van der Waals surface area contributed by atoms with Gasteiger partial charge in [-0.2, -0.15) is 0 Å². The van der Waals surface area contributed by atoms with Crippen LogP contribution in [0.4, 0.5) is 0 Å². The first-order chi connectivity index (χ1) is 7.65. The van der Waals surface area contributed by atoms with Crippen molar-refractivity contribution in [1.82, 2.24) is 4.90 Å². The van der Waals surface area contributed by atoms with E-state index in [-0.39, 0.29) is 12.0 Å². The van der Waals surface area contributed by atoms with Gasteiger partial charge in [-0.05, 0) is 18.9 Å². The fraction of sp³-hybridized carbons (Fsp3) is 0.462. The van der Waals surface area contributed by atoms with E-state index in [0.29, 0.717) is 25.9 Å². The van der Waals surface area contributed by atoms with Crippen LogP contribution in [0.5, 0.6) is 0 Å². The molecule has 0 saturated carbocycles. The highest BCUT2D eigenvalue weighted by Crippen LogP contribution is 2.12. The van der Waals surface area contributed by atoms with Crippen LogP contribution in [0.15, 0.2) is 24.3 Å². The minimum absolute atomic E-state index is 0.113. The number of rotatable bonds is 2. The van der Waals surface area contributed by atoms with Crippen molar-refractivity contribution in [2.75, 3.05) is 13.1 Å². The summed E-state index contributed by atoms with van der Waals surface area (Å²) in [4.78, 5) is 13.6. The molecule has 1 atom stereocenters. The zero-order chi connectivity index (χ0) is 11.5. The maximum atomic E-state index is 11.9. The van der Waals surface area contributed by atoms with Gasteiger partial charge in [-0.1, -0.05) is 29.8 Å². The number of aliphatic hydroxyl groups is 1. The summed E-state index contributed by atoms with van der Waals surface area (Å²) in [6, 6.07) is 7.99. The lowest BCUT2D eigenvalue weighted by Crippen LogP contribution is -2.30. The first-order valence-corrected chi connectivity index (χ1v) is 5.66.